The number of halogens is 3. The van der Waals surface area contributed by atoms with Crippen LogP contribution in [0.3, 0.4) is 0 Å². The zero-order valence-corrected chi connectivity index (χ0v) is 16.4. The SMILES string of the molecule is CCC(O)(c1ccc(C(F)(F)F)c(C#N)c1)c1c2ccn(C3CC3)c(=O)c2nn1C. The van der Waals surface area contributed by atoms with Gasteiger partial charge in [0.2, 0.25) is 0 Å². The minimum Gasteiger partial charge on any atom is -0.379 e. The van der Waals surface area contributed by atoms with Crippen molar-refractivity contribution in [2.75, 3.05) is 0 Å². The first-order chi connectivity index (χ1) is 14.1. The summed E-state index contributed by atoms with van der Waals surface area (Å²) in [4.78, 5) is 12.8. The van der Waals surface area contributed by atoms with Gasteiger partial charge in [-0.05, 0) is 43.0 Å². The number of nitrogens with zero attached hydrogens (tertiary/aromatic N) is 4. The number of hydrogen-bond donors (Lipinski definition) is 1. The number of pyridine rings is 1. The first kappa shape index (κ1) is 20.2. The summed E-state index contributed by atoms with van der Waals surface area (Å²) in [7, 11) is 1.58. The molecule has 1 aliphatic carbocycles. The molecular formula is C21H19F3N4O2. The van der Waals surface area contributed by atoms with E-state index in [0.29, 0.717) is 11.1 Å². The van der Waals surface area contributed by atoms with Crippen LogP contribution in [0.25, 0.3) is 10.9 Å². The Morgan fingerprint density at radius 2 is 2.00 bits per heavy atom. The largest absolute Gasteiger partial charge is 0.417 e. The molecule has 3 aromatic rings. The van der Waals surface area contributed by atoms with Crippen molar-refractivity contribution in [1.29, 1.82) is 5.26 Å². The van der Waals surface area contributed by atoms with E-state index in [9.17, 15) is 28.3 Å². The normalized spacial score (nSPS) is 16.4. The molecule has 1 fully saturated rings. The quantitative estimate of drug-likeness (QED) is 0.704. The van der Waals surface area contributed by atoms with Crippen LogP contribution in [0.2, 0.25) is 0 Å². The van der Waals surface area contributed by atoms with Gasteiger partial charge in [0, 0.05) is 24.7 Å². The molecular weight excluding hydrogens is 397 g/mol. The molecule has 9 heteroatoms. The first-order valence-corrected chi connectivity index (χ1v) is 9.54. The fraction of sp³-hybridized carbons (Fsp3) is 0.381. The number of aryl methyl sites for hydroxylation is 1. The van der Waals surface area contributed by atoms with Crippen LogP contribution in [0.5, 0.6) is 0 Å². The summed E-state index contributed by atoms with van der Waals surface area (Å²) in [6.07, 6.45) is -1.07. The number of alkyl halides is 3. The van der Waals surface area contributed by atoms with Crippen LogP contribution in [-0.4, -0.2) is 19.5 Å². The van der Waals surface area contributed by atoms with Crippen molar-refractivity contribution in [3.8, 4) is 6.07 Å². The molecule has 0 bridgehead atoms. The standard InChI is InChI=1S/C21H19F3N4O2/c1-3-20(30,13-4-7-16(21(22,23)24)12(10-13)11-25)18-15-8-9-28(14-5-6-14)19(29)17(15)26-27(18)2/h4,7-10,14,30H,3,5-6H2,1-2H3. The molecule has 0 saturated heterocycles. The number of aliphatic hydroxyl groups is 1. The second-order valence-corrected chi connectivity index (χ2v) is 7.58. The van der Waals surface area contributed by atoms with Gasteiger partial charge >= 0.3 is 6.18 Å². The Balaban J connectivity index is 1.93. The van der Waals surface area contributed by atoms with E-state index in [1.807, 2.05) is 0 Å². The monoisotopic (exact) mass is 416 g/mol. The van der Waals surface area contributed by atoms with Gasteiger partial charge in [0.1, 0.15) is 5.60 Å². The number of aromatic nitrogens is 3. The Hall–Kier alpha value is -3.12. The van der Waals surface area contributed by atoms with Gasteiger partial charge in [-0.3, -0.25) is 9.48 Å². The maximum absolute atomic E-state index is 13.2. The lowest BCUT2D eigenvalue weighted by atomic mass is 9.84. The summed E-state index contributed by atoms with van der Waals surface area (Å²) < 4.78 is 42.5. The summed E-state index contributed by atoms with van der Waals surface area (Å²) in [5.74, 6) is 0. The smallest absolute Gasteiger partial charge is 0.379 e. The predicted molar refractivity (Wildman–Crippen MR) is 103 cm³/mol. The minimum absolute atomic E-state index is 0.101. The van der Waals surface area contributed by atoms with E-state index in [1.165, 1.54) is 4.68 Å². The number of hydrogen-bond acceptors (Lipinski definition) is 4. The lowest BCUT2D eigenvalue weighted by Crippen LogP contribution is -2.30. The van der Waals surface area contributed by atoms with Crippen molar-refractivity contribution in [1.82, 2.24) is 14.3 Å². The van der Waals surface area contributed by atoms with Crippen LogP contribution in [0.15, 0.2) is 35.3 Å². The number of rotatable bonds is 4. The molecule has 30 heavy (non-hydrogen) atoms. The number of benzene rings is 1. The molecule has 6 nitrogen and oxygen atoms in total. The maximum Gasteiger partial charge on any atom is 0.417 e. The van der Waals surface area contributed by atoms with Crippen LogP contribution in [0.4, 0.5) is 13.2 Å². The van der Waals surface area contributed by atoms with E-state index in [-0.39, 0.29) is 29.1 Å². The van der Waals surface area contributed by atoms with Gasteiger partial charge in [-0.15, -0.1) is 0 Å². The van der Waals surface area contributed by atoms with Crippen LogP contribution < -0.4 is 5.56 Å². The van der Waals surface area contributed by atoms with Crippen molar-refractivity contribution in [3.05, 3.63) is 63.2 Å². The summed E-state index contributed by atoms with van der Waals surface area (Å²) >= 11 is 0. The van der Waals surface area contributed by atoms with Gasteiger partial charge in [0.05, 0.1) is 22.9 Å². The molecule has 1 atom stereocenters. The van der Waals surface area contributed by atoms with Gasteiger partial charge < -0.3 is 9.67 Å². The average Bonchev–Trinajstić information content (AvgIpc) is 3.48. The Kier molecular flexibility index (Phi) is 4.51. The highest BCUT2D eigenvalue weighted by Gasteiger charge is 2.39. The molecule has 2 aromatic heterocycles. The van der Waals surface area contributed by atoms with Gasteiger partial charge in [-0.1, -0.05) is 13.0 Å². The van der Waals surface area contributed by atoms with Crippen molar-refractivity contribution in [3.63, 3.8) is 0 Å². The second-order valence-electron chi connectivity index (χ2n) is 7.58. The van der Waals surface area contributed by atoms with Crippen molar-refractivity contribution in [2.24, 2.45) is 7.05 Å². The van der Waals surface area contributed by atoms with Crippen molar-refractivity contribution in [2.45, 2.75) is 44.0 Å². The molecule has 1 aliphatic rings. The van der Waals surface area contributed by atoms with E-state index >= 15 is 0 Å². The van der Waals surface area contributed by atoms with Crippen molar-refractivity contribution >= 4 is 10.9 Å². The summed E-state index contributed by atoms with van der Waals surface area (Å²) in [6.45, 7) is 1.67. The van der Waals surface area contributed by atoms with Crippen LogP contribution in [-0.2, 0) is 18.8 Å². The highest BCUT2D eigenvalue weighted by molar-refractivity contribution is 5.82. The van der Waals surface area contributed by atoms with Crippen molar-refractivity contribution < 1.29 is 18.3 Å². The fourth-order valence-corrected chi connectivity index (χ4v) is 3.98. The third-order valence-electron chi connectivity index (χ3n) is 5.69. The highest BCUT2D eigenvalue weighted by atomic mass is 19.4. The molecule has 0 aliphatic heterocycles. The van der Waals surface area contributed by atoms with E-state index in [0.717, 1.165) is 31.0 Å². The fourth-order valence-electron chi connectivity index (χ4n) is 3.98. The third kappa shape index (κ3) is 2.99. The Morgan fingerprint density at radius 3 is 2.57 bits per heavy atom. The molecule has 2 heterocycles. The van der Waals surface area contributed by atoms with Gasteiger partial charge in [-0.2, -0.15) is 23.5 Å². The molecule has 156 valence electrons. The van der Waals surface area contributed by atoms with E-state index < -0.39 is 22.9 Å². The topological polar surface area (TPSA) is 83.8 Å². The Labute approximate surface area is 169 Å². The number of nitriles is 1. The predicted octanol–water partition coefficient (Wildman–Crippen LogP) is 3.61. The van der Waals surface area contributed by atoms with Gasteiger partial charge in [0.15, 0.2) is 5.52 Å². The van der Waals surface area contributed by atoms with Gasteiger partial charge in [-0.25, -0.2) is 0 Å². The van der Waals surface area contributed by atoms with E-state index in [4.69, 9.17) is 0 Å². The second kappa shape index (κ2) is 6.71. The molecule has 0 amide bonds. The molecule has 1 saturated carbocycles. The van der Waals surface area contributed by atoms with Crippen LogP contribution in [0, 0.1) is 11.3 Å². The Bertz CT molecular complexity index is 1250. The summed E-state index contributed by atoms with van der Waals surface area (Å²) in [5, 5.41) is 25.5. The average molecular weight is 416 g/mol. The minimum atomic E-state index is -4.68. The lowest BCUT2D eigenvalue weighted by Gasteiger charge is -2.29. The summed E-state index contributed by atoms with van der Waals surface area (Å²) in [6, 6.07) is 6.44. The lowest BCUT2D eigenvalue weighted by molar-refractivity contribution is -0.137. The van der Waals surface area contributed by atoms with E-state index in [1.54, 1.807) is 36.9 Å². The molecule has 4 rings (SSSR count). The molecule has 1 unspecified atom stereocenters. The zero-order valence-electron chi connectivity index (χ0n) is 16.4. The van der Waals surface area contributed by atoms with E-state index in [2.05, 4.69) is 5.10 Å². The van der Waals surface area contributed by atoms with Gasteiger partial charge in [0.25, 0.3) is 5.56 Å². The first-order valence-electron chi connectivity index (χ1n) is 9.54. The maximum atomic E-state index is 13.2. The van der Waals surface area contributed by atoms with Crippen LogP contribution >= 0.6 is 0 Å². The summed E-state index contributed by atoms with van der Waals surface area (Å²) in [5.41, 5.74) is -3.02. The Morgan fingerprint density at radius 1 is 1.30 bits per heavy atom. The molecule has 1 aromatic carbocycles. The molecule has 0 radical (unpaired) electrons. The number of fused-ring (bicyclic) bond motifs is 1. The highest BCUT2D eigenvalue weighted by Crippen LogP contribution is 2.40. The molecule has 0 spiro atoms. The zero-order chi connectivity index (χ0) is 21.8. The third-order valence-corrected chi connectivity index (χ3v) is 5.69. The van der Waals surface area contributed by atoms with Crippen LogP contribution in [0.1, 0.15) is 54.6 Å². The molecule has 1 N–H and O–H groups in total.